The van der Waals surface area contributed by atoms with E-state index in [1.54, 1.807) is 25.5 Å². The van der Waals surface area contributed by atoms with Crippen molar-refractivity contribution in [2.75, 3.05) is 6.61 Å². The van der Waals surface area contributed by atoms with E-state index in [4.69, 9.17) is 4.74 Å². The van der Waals surface area contributed by atoms with Gasteiger partial charge in [-0.05, 0) is 43.1 Å². The highest BCUT2D eigenvalue weighted by atomic mass is 79.9. The summed E-state index contributed by atoms with van der Waals surface area (Å²) in [5.74, 6) is -0.443. The summed E-state index contributed by atoms with van der Waals surface area (Å²) < 4.78 is 7.35. The summed E-state index contributed by atoms with van der Waals surface area (Å²) in [4.78, 5) is 11.8. The molecule has 1 rings (SSSR count). The van der Waals surface area contributed by atoms with Gasteiger partial charge >= 0.3 is 5.97 Å². The van der Waals surface area contributed by atoms with Gasteiger partial charge in [0.05, 0.1) is 22.4 Å². The molecule has 1 aromatic rings. The maximum absolute atomic E-state index is 11.8. The lowest BCUT2D eigenvalue weighted by atomic mass is 10.0. The molecule has 5 nitrogen and oxygen atoms in total. The number of aryl methyl sites for hydroxylation is 1. The van der Waals surface area contributed by atoms with E-state index in [9.17, 15) is 9.90 Å². The van der Waals surface area contributed by atoms with Gasteiger partial charge in [-0.1, -0.05) is 6.92 Å². The molecule has 1 N–H and O–H groups in total. The van der Waals surface area contributed by atoms with Crippen molar-refractivity contribution in [2.45, 2.75) is 52.7 Å². The molecule has 0 aromatic carbocycles. The number of aromatic nitrogens is 2. The van der Waals surface area contributed by atoms with Crippen molar-refractivity contribution in [2.24, 2.45) is 0 Å². The van der Waals surface area contributed by atoms with Crippen LogP contribution in [-0.2, 0) is 17.7 Å². The summed E-state index contributed by atoms with van der Waals surface area (Å²) in [6.45, 7) is 8.26. The fourth-order valence-corrected chi connectivity index (χ4v) is 2.37. The molecule has 0 aliphatic carbocycles. The lowest BCUT2D eigenvalue weighted by Gasteiger charge is -2.18. The van der Waals surface area contributed by atoms with Crippen LogP contribution in [0.5, 0.6) is 0 Å². The Morgan fingerprint density at radius 1 is 1.47 bits per heavy atom. The number of aliphatic hydroxyl groups is 1. The molecule has 6 heteroatoms. The monoisotopic (exact) mass is 332 g/mol. The maximum atomic E-state index is 11.8. The van der Waals surface area contributed by atoms with Crippen molar-refractivity contribution in [3.05, 3.63) is 15.9 Å². The molecule has 0 unspecified atom stereocenters. The van der Waals surface area contributed by atoms with Gasteiger partial charge in [0.25, 0.3) is 0 Å². The highest BCUT2D eigenvalue weighted by Crippen LogP contribution is 2.26. The highest BCUT2D eigenvalue weighted by Gasteiger charge is 2.26. The molecule has 0 atom stereocenters. The van der Waals surface area contributed by atoms with Crippen molar-refractivity contribution in [3.8, 4) is 0 Å². The van der Waals surface area contributed by atoms with Crippen molar-refractivity contribution in [3.63, 3.8) is 0 Å². The quantitative estimate of drug-likeness (QED) is 0.813. The van der Waals surface area contributed by atoms with Crippen LogP contribution in [0.15, 0.2) is 4.47 Å². The Balaban J connectivity index is 3.16. The summed E-state index contributed by atoms with van der Waals surface area (Å²) >= 11 is 3.40. The third-order valence-corrected chi connectivity index (χ3v) is 3.33. The Labute approximate surface area is 122 Å². The number of carbonyl (C=O) groups is 1. The van der Waals surface area contributed by atoms with E-state index in [1.807, 2.05) is 6.92 Å². The lowest BCUT2D eigenvalue weighted by molar-refractivity contribution is 0.0517. The number of esters is 1. The Morgan fingerprint density at radius 3 is 2.58 bits per heavy atom. The molecule has 108 valence electrons. The molecule has 1 heterocycles. The number of halogens is 1. The summed E-state index contributed by atoms with van der Waals surface area (Å²) in [5.41, 5.74) is 0.229. The third kappa shape index (κ3) is 4.31. The van der Waals surface area contributed by atoms with Crippen molar-refractivity contribution in [1.82, 2.24) is 9.78 Å². The molecule has 1 aromatic heterocycles. The number of hydrogen-bond acceptors (Lipinski definition) is 4. The second-order valence-electron chi connectivity index (χ2n) is 5.04. The number of nitrogens with zero attached hydrogens (tertiary/aromatic N) is 2. The Kier molecular flexibility index (Phi) is 5.55. The standard InChI is InChI=1S/C13H21BrN2O3/c1-5-7-16-9(8-13(3,4)18)10(14)11(15-16)12(17)19-6-2/h18H,5-8H2,1-4H3. The van der Waals surface area contributed by atoms with Gasteiger partial charge in [-0.15, -0.1) is 0 Å². The Bertz CT molecular complexity index is 449. The van der Waals surface area contributed by atoms with Crippen LogP contribution >= 0.6 is 15.9 Å². The van der Waals surface area contributed by atoms with Crippen LogP contribution in [0.1, 0.15) is 50.3 Å². The Hall–Kier alpha value is -0.880. The van der Waals surface area contributed by atoms with Gasteiger partial charge in [-0.25, -0.2) is 4.79 Å². The largest absolute Gasteiger partial charge is 0.461 e. The minimum absolute atomic E-state index is 0.273. The van der Waals surface area contributed by atoms with E-state index < -0.39 is 11.6 Å². The SMILES string of the molecule is CCCn1nc(C(=O)OCC)c(Br)c1CC(C)(C)O. The molecule has 0 fully saturated rings. The summed E-state index contributed by atoms with van der Waals surface area (Å²) in [7, 11) is 0. The van der Waals surface area contributed by atoms with Gasteiger partial charge in [0.1, 0.15) is 0 Å². The Morgan fingerprint density at radius 2 is 2.11 bits per heavy atom. The zero-order valence-electron chi connectivity index (χ0n) is 11.9. The highest BCUT2D eigenvalue weighted by molar-refractivity contribution is 9.10. The average Bonchev–Trinajstić information content (AvgIpc) is 2.57. The van der Waals surface area contributed by atoms with Gasteiger partial charge in [0.2, 0.25) is 0 Å². The van der Waals surface area contributed by atoms with E-state index >= 15 is 0 Å². The van der Waals surface area contributed by atoms with Crippen LogP contribution in [0.2, 0.25) is 0 Å². The van der Waals surface area contributed by atoms with E-state index in [-0.39, 0.29) is 5.69 Å². The fraction of sp³-hybridized carbons (Fsp3) is 0.692. The lowest BCUT2D eigenvalue weighted by Crippen LogP contribution is -2.24. The summed E-state index contributed by atoms with van der Waals surface area (Å²) in [6.07, 6.45) is 1.31. The van der Waals surface area contributed by atoms with Crippen LogP contribution in [0.3, 0.4) is 0 Å². The first-order valence-electron chi connectivity index (χ1n) is 6.44. The molecule has 0 aliphatic rings. The topological polar surface area (TPSA) is 64.4 Å². The second-order valence-corrected chi connectivity index (χ2v) is 5.84. The molecule has 0 amide bonds. The third-order valence-electron chi connectivity index (χ3n) is 2.50. The van der Waals surface area contributed by atoms with Crippen LogP contribution in [-0.4, -0.2) is 33.1 Å². The van der Waals surface area contributed by atoms with Gasteiger partial charge in [-0.2, -0.15) is 5.10 Å². The predicted molar refractivity (Wildman–Crippen MR) is 76.2 cm³/mol. The molecule has 0 aliphatic heterocycles. The first-order valence-corrected chi connectivity index (χ1v) is 7.24. The minimum Gasteiger partial charge on any atom is -0.461 e. The van der Waals surface area contributed by atoms with Crippen LogP contribution in [0.25, 0.3) is 0 Å². The average molecular weight is 333 g/mol. The molecular weight excluding hydrogens is 312 g/mol. The predicted octanol–water partition coefficient (Wildman–Crippen LogP) is 2.55. The molecule has 0 radical (unpaired) electrons. The molecular formula is C13H21BrN2O3. The summed E-state index contributed by atoms with van der Waals surface area (Å²) in [5, 5.41) is 14.2. The number of rotatable bonds is 6. The molecule has 0 bridgehead atoms. The molecule has 0 saturated carbocycles. The number of carbonyl (C=O) groups excluding carboxylic acids is 1. The van der Waals surface area contributed by atoms with E-state index in [1.165, 1.54) is 0 Å². The fourth-order valence-electron chi connectivity index (χ4n) is 1.78. The van der Waals surface area contributed by atoms with E-state index in [2.05, 4.69) is 21.0 Å². The van der Waals surface area contributed by atoms with Gasteiger partial charge in [-0.3, -0.25) is 4.68 Å². The van der Waals surface area contributed by atoms with Crippen molar-refractivity contribution >= 4 is 21.9 Å². The molecule has 19 heavy (non-hydrogen) atoms. The number of ether oxygens (including phenoxy) is 1. The van der Waals surface area contributed by atoms with E-state index in [0.717, 1.165) is 12.1 Å². The zero-order chi connectivity index (χ0) is 14.6. The first kappa shape index (κ1) is 16.2. The van der Waals surface area contributed by atoms with Crippen LogP contribution in [0, 0.1) is 0 Å². The smallest absolute Gasteiger partial charge is 0.360 e. The maximum Gasteiger partial charge on any atom is 0.360 e. The van der Waals surface area contributed by atoms with Gasteiger partial charge in [0, 0.05) is 13.0 Å². The minimum atomic E-state index is -0.861. The normalized spacial score (nSPS) is 11.7. The zero-order valence-corrected chi connectivity index (χ0v) is 13.5. The van der Waals surface area contributed by atoms with Gasteiger partial charge < -0.3 is 9.84 Å². The first-order chi connectivity index (χ1) is 8.80. The van der Waals surface area contributed by atoms with Gasteiger partial charge in [0.15, 0.2) is 5.69 Å². The van der Waals surface area contributed by atoms with Crippen LogP contribution < -0.4 is 0 Å². The second kappa shape index (κ2) is 6.52. The molecule has 0 spiro atoms. The van der Waals surface area contributed by atoms with Crippen molar-refractivity contribution < 1.29 is 14.6 Å². The molecule has 0 saturated heterocycles. The van der Waals surface area contributed by atoms with Crippen LogP contribution in [0.4, 0.5) is 0 Å². The van der Waals surface area contributed by atoms with Crippen molar-refractivity contribution in [1.29, 1.82) is 0 Å². The summed E-state index contributed by atoms with van der Waals surface area (Å²) in [6, 6.07) is 0. The van der Waals surface area contributed by atoms with E-state index in [0.29, 0.717) is 24.0 Å². The number of hydrogen-bond donors (Lipinski definition) is 1.